The SMILES string of the molecule is CC(NC(=O)c1occc1C(=O)O)c1ccc(Cl)s1. The molecule has 1 unspecified atom stereocenters. The molecular formula is C12H10ClNO4S. The maximum Gasteiger partial charge on any atom is 0.339 e. The first-order valence-corrected chi connectivity index (χ1v) is 6.55. The minimum atomic E-state index is -1.20. The summed E-state index contributed by atoms with van der Waals surface area (Å²) >= 11 is 7.17. The van der Waals surface area contributed by atoms with E-state index in [1.807, 2.05) is 0 Å². The number of halogens is 1. The number of carbonyl (C=O) groups excluding carboxylic acids is 1. The van der Waals surface area contributed by atoms with Crippen LogP contribution in [0.15, 0.2) is 28.9 Å². The Labute approximate surface area is 117 Å². The van der Waals surface area contributed by atoms with E-state index in [-0.39, 0.29) is 17.4 Å². The summed E-state index contributed by atoms with van der Waals surface area (Å²) in [7, 11) is 0. The van der Waals surface area contributed by atoms with E-state index in [1.54, 1.807) is 19.1 Å². The fourth-order valence-corrected chi connectivity index (χ4v) is 2.61. The van der Waals surface area contributed by atoms with Crippen molar-refractivity contribution in [2.45, 2.75) is 13.0 Å². The predicted octanol–water partition coefficient (Wildman–Crippen LogP) is 3.18. The highest BCUT2D eigenvalue weighted by atomic mass is 35.5. The number of carbonyl (C=O) groups is 2. The van der Waals surface area contributed by atoms with Gasteiger partial charge < -0.3 is 14.8 Å². The van der Waals surface area contributed by atoms with Crippen LogP contribution >= 0.6 is 22.9 Å². The van der Waals surface area contributed by atoms with Gasteiger partial charge in [0.25, 0.3) is 5.91 Å². The van der Waals surface area contributed by atoms with E-state index in [0.29, 0.717) is 4.34 Å². The van der Waals surface area contributed by atoms with Crippen molar-refractivity contribution < 1.29 is 19.1 Å². The zero-order valence-corrected chi connectivity index (χ0v) is 11.4. The number of hydrogen-bond donors (Lipinski definition) is 2. The normalized spacial score (nSPS) is 12.1. The Morgan fingerprint density at radius 2 is 2.16 bits per heavy atom. The number of aromatic carboxylic acids is 1. The van der Waals surface area contributed by atoms with E-state index in [0.717, 1.165) is 4.88 Å². The molecule has 0 saturated carbocycles. The van der Waals surface area contributed by atoms with E-state index in [9.17, 15) is 9.59 Å². The molecule has 0 saturated heterocycles. The van der Waals surface area contributed by atoms with Crippen molar-refractivity contribution in [1.29, 1.82) is 0 Å². The van der Waals surface area contributed by atoms with Crippen LogP contribution in [0.2, 0.25) is 4.34 Å². The van der Waals surface area contributed by atoms with Gasteiger partial charge in [0.15, 0.2) is 0 Å². The first-order chi connectivity index (χ1) is 8.99. The number of nitrogens with one attached hydrogen (secondary N) is 1. The lowest BCUT2D eigenvalue weighted by atomic mass is 10.2. The molecule has 100 valence electrons. The highest BCUT2D eigenvalue weighted by Crippen LogP contribution is 2.27. The summed E-state index contributed by atoms with van der Waals surface area (Å²) in [6, 6.07) is 4.50. The van der Waals surface area contributed by atoms with Gasteiger partial charge in [0.2, 0.25) is 5.76 Å². The summed E-state index contributed by atoms with van der Waals surface area (Å²) in [5.41, 5.74) is -0.158. The Balaban J connectivity index is 2.13. The second-order valence-electron chi connectivity index (χ2n) is 3.81. The van der Waals surface area contributed by atoms with Crippen LogP contribution in [0.3, 0.4) is 0 Å². The topological polar surface area (TPSA) is 79.5 Å². The molecule has 7 heteroatoms. The number of rotatable bonds is 4. The summed E-state index contributed by atoms with van der Waals surface area (Å²) < 4.78 is 5.54. The minimum absolute atomic E-state index is 0.158. The van der Waals surface area contributed by atoms with E-state index >= 15 is 0 Å². The molecule has 0 spiro atoms. The van der Waals surface area contributed by atoms with Crippen molar-refractivity contribution in [1.82, 2.24) is 5.32 Å². The largest absolute Gasteiger partial charge is 0.478 e. The van der Waals surface area contributed by atoms with Crippen molar-refractivity contribution in [3.05, 3.63) is 45.0 Å². The lowest BCUT2D eigenvalue weighted by Gasteiger charge is -2.11. The van der Waals surface area contributed by atoms with Crippen molar-refractivity contribution >= 4 is 34.8 Å². The summed E-state index contributed by atoms with van der Waals surface area (Å²) in [5, 5.41) is 11.6. The van der Waals surface area contributed by atoms with E-state index in [4.69, 9.17) is 21.1 Å². The Morgan fingerprint density at radius 3 is 2.74 bits per heavy atom. The molecule has 0 aromatic carbocycles. The molecule has 0 aliphatic heterocycles. The summed E-state index contributed by atoms with van der Waals surface area (Å²) in [6.07, 6.45) is 1.17. The fraction of sp³-hybridized carbons (Fsp3) is 0.167. The van der Waals surface area contributed by atoms with Gasteiger partial charge in [-0.3, -0.25) is 4.79 Å². The number of amides is 1. The van der Waals surface area contributed by atoms with Crippen LogP contribution in [-0.4, -0.2) is 17.0 Å². The van der Waals surface area contributed by atoms with Gasteiger partial charge >= 0.3 is 5.97 Å². The maximum absolute atomic E-state index is 11.9. The zero-order chi connectivity index (χ0) is 14.0. The molecule has 0 aliphatic rings. The number of carboxylic acids is 1. The first kappa shape index (κ1) is 13.6. The van der Waals surface area contributed by atoms with Gasteiger partial charge in [0.05, 0.1) is 16.6 Å². The molecule has 2 aromatic rings. The van der Waals surface area contributed by atoms with Gasteiger partial charge in [-0.15, -0.1) is 11.3 Å². The van der Waals surface area contributed by atoms with E-state index in [2.05, 4.69) is 5.32 Å². The third kappa shape index (κ3) is 2.97. The van der Waals surface area contributed by atoms with Crippen LogP contribution in [0.4, 0.5) is 0 Å². The standard InChI is InChI=1S/C12H10ClNO4S/c1-6(8-2-3-9(13)19-8)14-11(15)10-7(12(16)17)4-5-18-10/h2-6H,1H3,(H,14,15)(H,16,17). The van der Waals surface area contributed by atoms with Crippen LogP contribution in [0.1, 0.15) is 38.8 Å². The zero-order valence-electron chi connectivity index (χ0n) is 9.84. The van der Waals surface area contributed by atoms with Crippen molar-refractivity contribution in [3.8, 4) is 0 Å². The molecule has 2 rings (SSSR count). The van der Waals surface area contributed by atoms with Gasteiger partial charge in [-0.2, -0.15) is 0 Å². The minimum Gasteiger partial charge on any atom is -0.478 e. The molecule has 2 aromatic heterocycles. The number of hydrogen-bond acceptors (Lipinski definition) is 4. The second kappa shape index (κ2) is 5.46. The molecule has 2 heterocycles. The quantitative estimate of drug-likeness (QED) is 0.908. The molecule has 1 amide bonds. The third-order valence-electron chi connectivity index (χ3n) is 2.47. The Kier molecular flexibility index (Phi) is 3.92. The summed E-state index contributed by atoms with van der Waals surface area (Å²) in [6.45, 7) is 1.78. The van der Waals surface area contributed by atoms with Gasteiger partial charge in [-0.25, -0.2) is 4.79 Å². The van der Waals surface area contributed by atoms with E-state index in [1.165, 1.54) is 23.7 Å². The average molecular weight is 300 g/mol. The van der Waals surface area contributed by atoms with E-state index < -0.39 is 11.9 Å². The van der Waals surface area contributed by atoms with Gasteiger partial charge in [0.1, 0.15) is 5.56 Å². The molecule has 0 radical (unpaired) electrons. The molecule has 0 fully saturated rings. The van der Waals surface area contributed by atoms with Gasteiger partial charge in [-0.05, 0) is 25.1 Å². The third-order valence-corrected chi connectivity index (χ3v) is 3.88. The Morgan fingerprint density at radius 1 is 1.42 bits per heavy atom. The van der Waals surface area contributed by atoms with Gasteiger partial charge in [-0.1, -0.05) is 11.6 Å². The second-order valence-corrected chi connectivity index (χ2v) is 5.55. The smallest absolute Gasteiger partial charge is 0.339 e. The number of furan rings is 1. The van der Waals surface area contributed by atoms with Crippen LogP contribution in [-0.2, 0) is 0 Å². The molecule has 0 aliphatic carbocycles. The number of thiophene rings is 1. The van der Waals surface area contributed by atoms with Crippen LogP contribution in [0.25, 0.3) is 0 Å². The monoisotopic (exact) mass is 299 g/mol. The predicted molar refractivity (Wildman–Crippen MR) is 70.9 cm³/mol. The van der Waals surface area contributed by atoms with Gasteiger partial charge in [0, 0.05) is 4.88 Å². The lowest BCUT2D eigenvalue weighted by Crippen LogP contribution is -2.27. The Hall–Kier alpha value is -1.79. The molecule has 1 atom stereocenters. The molecule has 0 bridgehead atoms. The fourth-order valence-electron chi connectivity index (χ4n) is 1.55. The highest BCUT2D eigenvalue weighted by Gasteiger charge is 2.22. The van der Waals surface area contributed by atoms with Crippen molar-refractivity contribution in [3.63, 3.8) is 0 Å². The molecule has 19 heavy (non-hydrogen) atoms. The van der Waals surface area contributed by atoms with Crippen molar-refractivity contribution in [2.75, 3.05) is 0 Å². The molecule has 2 N–H and O–H groups in total. The highest BCUT2D eigenvalue weighted by molar-refractivity contribution is 7.16. The van der Waals surface area contributed by atoms with Crippen LogP contribution < -0.4 is 5.32 Å². The number of carboxylic acid groups (broad SMARTS) is 1. The Bertz CT molecular complexity index is 619. The van der Waals surface area contributed by atoms with Crippen molar-refractivity contribution in [2.24, 2.45) is 0 Å². The van der Waals surface area contributed by atoms with Crippen LogP contribution in [0.5, 0.6) is 0 Å². The maximum atomic E-state index is 11.9. The molecule has 5 nitrogen and oxygen atoms in total. The summed E-state index contributed by atoms with van der Waals surface area (Å²) in [5.74, 6) is -1.98. The first-order valence-electron chi connectivity index (χ1n) is 5.36. The molecular weight excluding hydrogens is 290 g/mol. The van der Waals surface area contributed by atoms with Crippen LogP contribution in [0, 0.1) is 0 Å². The lowest BCUT2D eigenvalue weighted by molar-refractivity contribution is 0.0687. The summed E-state index contributed by atoms with van der Waals surface area (Å²) in [4.78, 5) is 23.7. The average Bonchev–Trinajstić information content (AvgIpc) is 2.96.